The summed E-state index contributed by atoms with van der Waals surface area (Å²) < 4.78 is 10.8. The fourth-order valence-corrected chi connectivity index (χ4v) is 3.68. The zero-order valence-electron chi connectivity index (χ0n) is 17.9. The van der Waals surface area contributed by atoms with Crippen molar-refractivity contribution in [2.45, 2.75) is 121 Å². The lowest BCUT2D eigenvalue weighted by molar-refractivity contribution is -0.0689. The first-order valence-electron chi connectivity index (χ1n) is 11.6. The van der Waals surface area contributed by atoms with Gasteiger partial charge in [0.25, 0.3) is 0 Å². The van der Waals surface area contributed by atoms with Crippen molar-refractivity contribution >= 4 is 0 Å². The molecule has 0 saturated carbocycles. The number of hydrogen-bond donors (Lipinski definition) is 3. The van der Waals surface area contributed by atoms with Crippen LogP contribution in [-0.2, 0) is 9.47 Å². The van der Waals surface area contributed by atoms with Gasteiger partial charge in [-0.05, 0) is 18.9 Å². The molecule has 4 atom stereocenters. The van der Waals surface area contributed by atoms with Gasteiger partial charge < -0.3 is 24.8 Å². The van der Waals surface area contributed by atoms with Crippen molar-refractivity contribution in [3.05, 3.63) is 12.3 Å². The van der Waals surface area contributed by atoms with E-state index in [2.05, 4.69) is 6.92 Å². The van der Waals surface area contributed by atoms with Crippen LogP contribution in [-0.4, -0.2) is 52.9 Å². The van der Waals surface area contributed by atoms with Gasteiger partial charge in [0.1, 0.15) is 24.4 Å². The molecule has 1 saturated heterocycles. The van der Waals surface area contributed by atoms with Crippen LogP contribution in [0.2, 0.25) is 0 Å². The quantitative estimate of drug-likeness (QED) is 0.233. The third kappa shape index (κ3) is 11.4. The fraction of sp³-hybridized carbons (Fsp3) is 0.913. The number of rotatable bonds is 18. The largest absolute Gasteiger partial charge is 0.493 e. The van der Waals surface area contributed by atoms with Gasteiger partial charge in [0.2, 0.25) is 0 Å². The highest BCUT2D eigenvalue weighted by molar-refractivity contribution is 4.90. The molecular weight excluding hydrogens is 356 g/mol. The summed E-state index contributed by atoms with van der Waals surface area (Å²) >= 11 is 0. The van der Waals surface area contributed by atoms with E-state index in [0.29, 0.717) is 0 Å². The van der Waals surface area contributed by atoms with Gasteiger partial charge in [-0.1, -0.05) is 84.0 Å². The minimum atomic E-state index is -1.07. The Hall–Kier alpha value is -0.620. The summed E-state index contributed by atoms with van der Waals surface area (Å²) in [5.41, 5.74) is 0. The molecule has 1 rings (SSSR count). The molecule has 3 N–H and O–H groups in total. The Labute approximate surface area is 172 Å². The predicted octanol–water partition coefficient (Wildman–Crippen LogP) is 4.48. The summed E-state index contributed by atoms with van der Waals surface area (Å²) in [6, 6.07) is 0. The molecule has 0 aromatic heterocycles. The van der Waals surface area contributed by atoms with Crippen molar-refractivity contribution in [3.63, 3.8) is 0 Å². The van der Waals surface area contributed by atoms with Gasteiger partial charge in [-0.3, -0.25) is 0 Å². The summed E-state index contributed by atoms with van der Waals surface area (Å²) in [6.45, 7) is 2.07. The minimum Gasteiger partial charge on any atom is -0.493 e. The fourth-order valence-electron chi connectivity index (χ4n) is 3.68. The first-order chi connectivity index (χ1) is 13.7. The maximum absolute atomic E-state index is 10.0. The number of aliphatic hydroxyl groups is 3. The van der Waals surface area contributed by atoms with Crippen LogP contribution < -0.4 is 0 Å². The highest BCUT2D eigenvalue weighted by atomic mass is 16.6. The molecule has 0 amide bonds. The van der Waals surface area contributed by atoms with E-state index in [1.807, 2.05) is 6.08 Å². The molecule has 28 heavy (non-hydrogen) atoms. The van der Waals surface area contributed by atoms with Crippen LogP contribution in [0.1, 0.15) is 96.8 Å². The molecule has 1 aliphatic rings. The number of ether oxygens (including phenoxy) is 2. The van der Waals surface area contributed by atoms with Crippen molar-refractivity contribution in [3.8, 4) is 0 Å². The number of unbranched alkanes of at least 4 members (excludes halogenated alkanes) is 13. The van der Waals surface area contributed by atoms with E-state index in [9.17, 15) is 10.2 Å². The van der Waals surface area contributed by atoms with Crippen LogP contribution >= 0.6 is 0 Å². The number of hydrogen-bond acceptors (Lipinski definition) is 5. The molecule has 1 heterocycles. The van der Waals surface area contributed by atoms with E-state index in [1.165, 1.54) is 77.0 Å². The molecule has 1 fully saturated rings. The Morgan fingerprint density at radius 2 is 1.46 bits per heavy atom. The van der Waals surface area contributed by atoms with Gasteiger partial charge in [-0.15, -0.1) is 0 Å². The normalized spacial score (nSPS) is 23.5. The van der Waals surface area contributed by atoms with E-state index < -0.39 is 31.0 Å². The van der Waals surface area contributed by atoms with Crippen LogP contribution in [0.5, 0.6) is 0 Å². The molecule has 0 radical (unpaired) electrons. The van der Waals surface area contributed by atoms with Gasteiger partial charge in [-0.25, -0.2) is 0 Å². The third-order valence-corrected chi connectivity index (χ3v) is 5.56. The van der Waals surface area contributed by atoms with Gasteiger partial charge in [0.15, 0.2) is 0 Å². The maximum Gasteiger partial charge on any atom is 0.149 e. The molecule has 0 bridgehead atoms. The summed E-state index contributed by atoms with van der Waals surface area (Å²) in [5.74, 6) is 0. The van der Waals surface area contributed by atoms with Gasteiger partial charge in [-0.2, -0.15) is 0 Å². The van der Waals surface area contributed by atoms with E-state index >= 15 is 0 Å². The molecule has 0 unspecified atom stereocenters. The smallest absolute Gasteiger partial charge is 0.149 e. The Bertz CT molecular complexity index is 374. The molecule has 0 aromatic carbocycles. The Balaban J connectivity index is 1.86. The van der Waals surface area contributed by atoms with Crippen molar-refractivity contribution < 1.29 is 24.8 Å². The van der Waals surface area contributed by atoms with Crippen LogP contribution in [0.25, 0.3) is 0 Å². The second-order valence-corrected chi connectivity index (χ2v) is 8.12. The van der Waals surface area contributed by atoms with Crippen LogP contribution in [0, 0.1) is 0 Å². The highest BCUT2D eigenvalue weighted by Crippen LogP contribution is 2.20. The molecule has 1 aliphatic heterocycles. The van der Waals surface area contributed by atoms with E-state index in [-0.39, 0.29) is 6.61 Å². The number of aliphatic hydroxyl groups excluding tert-OH is 3. The molecular formula is C23H44O5. The zero-order valence-corrected chi connectivity index (χ0v) is 17.9. The second-order valence-electron chi connectivity index (χ2n) is 8.12. The lowest BCUT2D eigenvalue weighted by Gasteiger charge is -2.20. The Morgan fingerprint density at radius 3 is 2.00 bits per heavy atom. The highest BCUT2D eigenvalue weighted by Gasteiger charge is 2.40. The van der Waals surface area contributed by atoms with Gasteiger partial charge in [0, 0.05) is 0 Å². The van der Waals surface area contributed by atoms with E-state index in [1.54, 1.807) is 6.26 Å². The summed E-state index contributed by atoms with van der Waals surface area (Å²) in [5, 5.41) is 28.5. The Morgan fingerprint density at radius 1 is 0.929 bits per heavy atom. The molecule has 166 valence electrons. The SMILES string of the molecule is CCCCCCCCCCCCCCC/C=C/O[C@H]1CO[C@H]([C@H](O)CO)[C@@H]1O. The van der Waals surface area contributed by atoms with Crippen molar-refractivity contribution in [2.75, 3.05) is 13.2 Å². The average Bonchev–Trinajstić information content (AvgIpc) is 3.07. The summed E-state index contributed by atoms with van der Waals surface area (Å²) in [4.78, 5) is 0. The van der Waals surface area contributed by atoms with E-state index in [0.717, 1.165) is 12.8 Å². The lowest BCUT2D eigenvalue weighted by Crippen LogP contribution is -2.40. The van der Waals surface area contributed by atoms with Crippen LogP contribution in [0.3, 0.4) is 0 Å². The van der Waals surface area contributed by atoms with E-state index in [4.69, 9.17) is 14.6 Å². The topological polar surface area (TPSA) is 79.2 Å². The minimum absolute atomic E-state index is 0.228. The molecule has 0 spiro atoms. The second kappa shape index (κ2) is 17.3. The van der Waals surface area contributed by atoms with Gasteiger partial charge >= 0.3 is 0 Å². The lowest BCUT2D eigenvalue weighted by atomic mass is 10.0. The molecule has 5 heteroatoms. The van der Waals surface area contributed by atoms with Crippen molar-refractivity contribution in [2.24, 2.45) is 0 Å². The van der Waals surface area contributed by atoms with Crippen LogP contribution in [0.4, 0.5) is 0 Å². The monoisotopic (exact) mass is 400 g/mol. The molecule has 0 aliphatic carbocycles. The first-order valence-corrected chi connectivity index (χ1v) is 11.6. The molecule has 0 aromatic rings. The Kier molecular flexibility index (Phi) is 15.7. The third-order valence-electron chi connectivity index (χ3n) is 5.56. The maximum atomic E-state index is 10.0. The average molecular weight is 401 g/mol. The number of allylic oxidation sites excluding steroid dienone is 1. The standard InChI is InChI=1S/C23H44O5/c1-2-3-4-5-6-7-8-9-10-11-12-13-14-15-16-17-27-21-19-28-23(22(21)26)20(25)18-24/h16-17,20-26H,2-15,18-19H2,1H3/b17-16+/t20-,21+,22-,23-/m1/s1. The van der Waals surface area contributed by atoms with Crippen molar-refractivity contribution in [1.29, 1.82) is 0 Å². The first kappa shape index (κ1) is 25.4. The predicted molar refractivity (Wildman–Crippen MR) is 113 cm³/mol. The molecule has 5 nitrogen and oxygen atoms in total. The van der Waals surface area contributed by atoms with Crippen LogP contribution in [0.15, 0.2) is 12.3 Å². The zero-order chi connectivity index (χ0) is 20.5. The van der Waals surface area contributed by atoms with Crippen molar-refractivity contribution in [1.82, 2.24) is 0 Å². The summed E-state index contributed by atoms with van der Waals surface area (Å²) in [6.07, 6.45) is 19.0. The van der Waals surface area contributed by atoms with Gasteiger partial charge in [0.05, 0.1) is 19.5 Å². The summed E-state index contributed by atoms with van der Waals surface area (Å²) in [7, 11) is 0.